The van der Waals surface area contributed by atoms with Gasteiger partial charge in [-0.2, -0.15) is 0 Å². The summed E-state index contributed by atoms with van der Waals surface area (Å²) in [4.78, 5) is 24.6. The number of ether oxygens (including phenoxy) is 2. The molecule has 128 valence electrons. The van der Waals surface area contributed by atoms with E-state index in [1.807, 2.05) is 6.92 Å². The first-order valence-electron chi connectivity index (χ1n) is 8.04. The summed E-state index contributed by atoms with van der Waals surface area (Å²) in [5.74, 6) is -2.59. The van der Waals surface area contributed by atoms with E-state index < -0.39 is 11.8 Å². The van der Waals surface area contributed by atoms with Crippen LogP contribution < -0.4 is 4.74 Å². The summed E-state index contributed by atoms with van der Waals surface area (Å²) in [5.41, 5.74) is 0.558. The van der Waals surface area contributed by atoms with Crippen molar-refractivity contribution in [2.24, 2.45) is 0 Å². The number of aliphatic hydroxyl groups is 1. The largest absolute Gasteiger partial charge is 0.508 e. The normalized spacial score (nSPS) is 28.7. The van der Waals surface area contributed by atoms with Gasteiger partial charge in [0.25, 0.3) is 0 Å². The van der Waals surface area contributed by atoms with Crippen molar-refractivity contribution in [2.45, 2.75) is 50.9 Å². The Bertz CT molecular complexity index is 708. The molecule has 0 radical (unpaired) electrons. The van der Waals surface area contributed by atoms with Crippen LogP contribution in [0.15, 0.2) is 24.3 Å². The van der Waals surface area contributed by atoms with Gasteiger partial charge in [-0.25, -0.2) is 0 Å². The molecule has 3 heterocycles. The average molecular weight is 332 g/mol. The second kappa shape index (κ2) is 6.28. The Morgan fingerprint density at radius 1 is 1.29 bits per heavy atom. The van der Waals surface area contributed by atoms with E-state index in [1.54, 1.807) is 6.08 Å². The van der Waals surface area contributed by atoms with Crippen molar-refractivity contribution in [2.75, 3.05) is 0 Å². The molecule has 0 fully saturated rings. The Labute approximate surface area is 139 Å². The van der Waals surface area contributed by atoms with Gasteiger partial charge in [0, 0.05) is 6.07 Å². The number of phenolic OH excluding ortho intramolecular Hbond substituents is 1. The number of allylic oxidation sites excluding steroid dienone is 1. The van der Waals surface area contributed by atoms with E-state index in [2.05, 4.69) is 0 Å². The van der Waals surface area contributed by atoms with Crippen LogP contribution in [0.2, 0.25) is 0 Å². The predicted molar refractivity (Wildman–Crippen MR) is 84.9 cm³/mol. The molecule has 3 aliphatic rings. The molecule has 1 aromatic carbocycles. The van der Waals surface area contributed by atoms with Gasteiger partial charge in [-0.3, -0.25) is 9.59 Å². The molecule has 0 aromatic heterocycles. The fourth-order valence-corrected chi connectivity index (χ4v) is 3.10. The van der Waals surface area contributed by atoms with E-state index >= 15 is 0 Å². The molecule has 4 rings (SSSR count). The third kappa shape index (κ3) is 3.43. The lowest BCUT2D eigenvalue weighted by Gasteiger charge is -2.32. The lowest BCUT2D eigenvalue weighted by Crippen LogP contribution is -2.40. The number of fused-ring (bicyclic) bond motifs is 8. The minimum Gasteiger partial charge on any atom is -0.508 e. The quantitative estimate of drug-likeness (QED) is 0.559. The minimum absolute atomic E-state index is 0.0753. The topological polar surface area (TPSA) is 93.1 Å². The number of hydrogen-bond donors (Lipinski definition) is 2. The maximum Gasteiger partial charge on any atom is 0.310 e. The highest BCUT2D eigenvalue weighted by Crippen LogP contribution is 2.38. The molecule has 0 spiro atoms. The number of esters is 1. The maximum absolute atomic E-state index is 12.5. The second-order valence-corrected chi connectivity index (χ2v) is 6.34. The van der Waals surface area contributed by atoms with E-state index in [1.165, 1.54) is 18.2 Å². The molecule has 24 heavy (non-hydrogen) atoms. The van der Waals surface area contributed by atoms with Gasteiger partial charge < -0.3 is 19.7 Å². The third-order valence-electron chi connectivity index (χ3n) is 4.18. The molecular weight excluding hydrogens is 312 g/mol. The third-order valence-corrected chi connectivity index (χ3v) is 4.18. The zero-order chi connectivity index (χ0) is 17.3. The zero-order valence-corrected chi connectivity index (χ0v) is 13.4. The molecule has 1 aromatic rings. The van der Waals surface area contributed by atoms with Crippen LogP contribution in [0.4, 0.5) is 0 Å². The van der Waals surface area contributed by atoms with Crippen molar-refractivity contribution in [1.82, 2.24) is 0 Å². The van der Waals surface area contributed by atoms with E-state index in [4.69, 9.17) is 9.47 Å². The number of benzene rings is 1. The number of aromatic hydroxyl groups is 1. The number of carbonyl (C=O) groups excluding carboxylic acids is 2. The molecule has 1 unspecified atom stereocenters. The van der Waals surface area contributed by atoms with Crippen molar-refractivity contribution >= 4 is 11.8 Å². The molecule has 2 atom stereocenters. The first-order chi connectivity index (χ1) is 11.4. The summed E-state index contributed by atoms with van der Waals surface area (Å²) in [5, 5.41) is 20.4. The molecule has 0 saturated heterocycles. The molecule has 0 aliphatic carbocycles. The van der Waals surface area contributed by atoms with Crippen LogP contribution in [0.5, 0.6) is 11.5 Å². The molecule has 4 bridgehead atoms. The number of hydrogen-bond acceptors (Lipinski definition) is 6. The molecule has 0 amide bonds. The van der Waals surface area contributed by atoms with E-state index in [0.29, 0.717) is 18.4 Å². The zero-order valence-electron chi connectivity index (χ0n) is 13.4. The van der Waals surface area contributed by atoms with Crippen LogP contribution in [-0.2, 0) is 16.0 Å². The highest BCUT2D eigenvalue weighted by molar-refractivity contribution is 6.02. The van der Waals surface area contributed by atoms with Gasteiger partial charge in [-0.05, 0) is 43.9 Å². The maximum atomic E-state index is 12.5. The first kappa shape index (κ1) is 16.5. The fourth-order valence-electron chi connectivity index (χ4n) is 3.10. The summed E-state index contributed by atoms with van der Waals surface area (Å²) >= 11 is 0. The second-order valence-electron chi connectivity index (χ2n) is 6.34. The molecule has 3 aliphatic heterocycles. The summed E-state index contributed by atoms with van der Waals surface area (Å²) in [6.45, 7) is 1.82. The standard InChI is InChI=1S/C18H20O6/c1-11-5-3-2-4-6-18(22)10-14(20)17-12(8-16(21)23-11)7-13(19)9-15(17)24-18/h4,6-7,9,11,19,22H,2-3,5,8,10H2,1H3/b6-4+/t11-,18?/m1/s1. The molecule has 0 saturated carbocycles. The van der Waals surface area contributed by atoms with Crippen LogP contribution in [0, 0.1) is 0 Å². The molecule has 6 heteroatoms. The van der Waals surface area contributed by atoms with Crippen molar-refractivity contribution in [1.29, 1.82) is 0 Å². The lowest BCUT2D eigenvalue weighted by atomic mass is 9.92. The van der Waals surface area contributed by atoms with Gasteiger partial charge in [-0.1, -0.05) is 6.08 Å². The summed E-state index contributed by atoms with van der Waals surface area (Å²) < 4.78 is 10.9. The summed E-state index contributed by atoms with van der Waals surface area (Å²) in [7, 11) is 0. The average Bonchev–Trinajstić information content (AvgIpc) is 2.44. The number of rotatable bonds is 0. The fraction of sp³-hybridized carbons (Fsp3) is 0.444. The molecule has 2 N–H and O–H groups in total. The first-order valence-corrected chi connectivity index (χ1v) is 8.04. The van der Waals surface area contributed by atoms with Crippen LogP contribution in [0.3, 0.4) is 0 Å². The van der Waals surface area contributed by atoms with Gasteiger partial charge in [0.05, 0.1) is 24.5 Å². The van der Waals surface area contributed by atoms with Gasteiger partial charge in [0.15, 0.2) is 5.78 Å². The number of carbonyl (C=O) groups is 2. The summed E-state index contributed by atoms with van der Waals surface area (Å²) in [6.07, 6.45) is 4.77. The van der Waals surface area contributed by atoms with Crippen LogP contribution in [-0.4, -0.2) is 33.9 Å². The Morgan fingerprint density at radius 2 is 2.08 bits per heavy atom. The van der Waals surface area contributed by atoms with Crippen molar-refractivity contribution in [3.8, 4) is 11.5 Å². The van der Waals surface area contributed by atoms with Crippen LogP contribution in [0.25, 0.3) is 0 Å². The minimum atomic E-state index is -1.73. The van der Waals surface area contributed by atoms with Crippen molar-refractivity contribution < 1.29 is 29.3 Å². The molecular formula is C18H20O6. The Kier molecular flexibility index (Phi) is 4.32. The SMILES string of the molecule is C[C@@H]1CCC/C=C/C2(O)CC(=O)c3c(cc(O)cc3O2)CC(=O)O1. The predicted octanol–water partition coefficient (Wildman–Crippen LogP) is 2.26. The monoisotopic (exact) mass is 332 g/mol. The summed E-state index contributed by atoms with van der Waals surface area (Å²) in [6, 6.07) is 2.63. The highest BCUT2D eigenvalue weighted by Gasteiger charge is 2.38. The number of Topliss-reactive ketones (excluding diaryl/α,β-unsaturated/α-hetero) is 1. The Morgan fingerprint density at radius 3 is 2.88 bits per heavy atom. The van der Waals surface area contributed by atoms with Crippen LogP contribution >= 0.6 is 0 Å². The smallest absolute Gasteiger partial charge is 0.310 e. The van der Waals surface area contributed by atoms with Gasteiger partial charge in [-0.15, -0.1) is 0 Å². The van der Waals surface area contributed by atoms with E-state index in [9.17, 15) is 19.8 Å². The van der Waals surface area contributed by atoms with Crippen LogP contribution in [0.1, 0.15) is 48.5 Å². The number of ketones is 1. The van der Waals surface area contributed by atoms with Gasteiger partial charge in [0.1, 0.15) is 11.5 Å². The Hall–Kier alpha value is -2.34. The van der Waals surface area contributed by atoms with Crippen molar-refractivity contribution in [3.05, 3.63) is 35.4 Å². The van der Waals surface area contributed by atoms with E-state index in [-0.39, 0.29) is 41.8 Å². The van der Waals surface area contributed by atoms with Crippen molar-refractivity contribution in [3.63, 3.8) is 0 Å². The van der Waals surface area contributed by atoms with Gasteiger partial charge in [0.2, 0.25) is 5.79 Å². The number of phenols is 1. The Balaban J connectivity index is 2.06. The van der Waals surface area contributed by atoms with E-state index in [0.717, 1.165) is 6.42 Å². The van der Waals surface area contributed by atoms with Gasteiger partial charge >= 0.3 is 5.97 Å². The highest BCUT2D eigenvalue weighted by atomic mass is 16.6. The lowest BCUT2D eigenvalue weighted by molar-refractivity contribution is -0.147. The molecule has 6 nitrogen and oxygen atoms in total.